The molecule has 2 rings (SSSR count). The molecule has 2 aliphatic rings. The van der Waals surface area contributed by atoms with Crippen molar-refractivity contribution in [3.8, 4) is 0 Å². The molecule has 0 aliphatic heterocycles. The number of rotatable bonds is 2. The number of aldehydes is 1. The Hall–Kier alpha value is -1.12. The zero-order valence-corrected chi connectivity index (χ0v) is 6.82. The van der Waals surface area contributed by atoms with Crippen LogP contribution in [-0.4, -0.2) is 19.4 Å². The van der Waals surface area contributed by atoms with Crippen LogP contribution in [0.5, 0.6) is 0 Å². The lowest BCUT2D eigenvalue weighted by atomic mass is 10.1. The Morgan fingerprint density at radius 3 is 3.00 bits per heavy atom. The van der Waals surface area contributed by atoms with Crippen molar-refractivity contribution in [2.24, 2.45) is 17.8 Å². The number of esters is 1. The molecule has 0 spiro atoms. The van der Waals surface area contributed by atoms with Gasteiger partial charge in [0.15, 0.2) is 0 Å². The molecule has 0 saturated heterocycles. The summed E-state index contributed by atoms with van der Waals surface area (Å²) in [5, 5.41) is 0. The lowest BCUT2D eigenvalue weighted by Gasteiger charge is -1.99. The van der Waals surface area contributed by atoms with Crippen molar-refractivity contribution in [2.75, 3.05) is 7.11 Å². The topological polar surface area (TPSA) is 43.4 Å². The normalized spacial score (nSPS) is 36.8. The van der Waals surface area contributed by atoms with E-state index in [1.165, 1.54) is 7.11 Å². The third kappa shape index (κ3) is 0.823. The van der Waals surface area contributed by atoms with Gasteiger partial charge in [-0.2, -0.15) is 0 Å². The first-order valence-corrected chi connectivity index (χ1v) is 4.03. The van der Waals surface area contributed by atoms with Crippen molar-refractivity contribution < 1.29 is 14.3 Å². The fourth-order valence-electron chi connectivity index (χ4n) is 2.06. The first kappa shape index (κ1) is 7.53. The summed E-state index contributed by atoms with van der Waals surface area (Å²) in [6.07, 6.45) is 3.70. The average Bonchev–Trinajstić information content (AvgIpc) is 2.63. The highest BCUT2D eigenvalue weighted by Crippen LogP contribution is 2.56. The van der Waals surface area contributed by atoms with Crippen LogP contribution in [0.3, 0.4) is 0 Å². The van der Waals surface area contributed by atoms with Crippen LogP contribution in [0.4, 0.5) is 0 Å². The zero-order valence-electron chi connectivity index (χ0n) is 6.82. The highest BCUT2D eigenvalue weighted by atomic mass is 16.5. The van der Waals surface area contributed by atoms with Crippen molar-refractivity contribution >= 4 is 12.3 Å². The summed E-state index contributed by atoms with van der Waals surface area (Å²) >= 11 is 0. The second kappa shape index (κ2) is 2.44. The Bertz CT molecular complexity index is 267. The van der Waals surface area contributed by atoms with E-state index in [4.69, 9.17) is 0 Å². The fraction of sp³-hybridized carbons (Fsp3) is 0.556. The summed E-state index contributed by atoms with van der Waals surface area (Å²) in [5.74, 6) is 0.391. The summed E-state index contributed by atoms with van der Waals surface area (Å²) in [6.45, 7) is 0. The molecule has 2 aliphatic carbocycles. The van der Waals surface area contributed by atoms with Crippen molar-refractivity contribution in [1.82, 2.24) is 0 Å². The van der Waals surface area contributed by atoms with Crippen LogP contribution < -0.4 is 0 Å². The minimum Gasteiger partial charge on any atom is -0.466 e. The first-order chi connectivity index (χ1) is 5.79. The number of ether oxygens (including phenoxy) is 1. The Labute approximate surface area is 70.4 Å². The lowest BCUT2D eigenvalue weighted by Crippen LogP contribution is -2.06. The number of hydrogen-bond acceptors (Lipinski definition) is 3. The molecule has 0 N–H and O–H groups in total. The predicted molar refractivity (Wildman–Crippen MR) is 41.3 cm³/mol. The number of hydrogen-bond donors (Lipinski definition) is 0. The SMILES string of the molecule is COC(=O)C1=CCC2C(C=O)C12. The summed E-state index contributed by atoms with van der Waals surface area (Å²) in [5.41, 5.74) is 0.708. The quantitative estimate of drug-likeness (QED) is 0.444. The maximum atomic E-state index is 11.1. The van der Waals surface area contributed by atoms with E-state index in [1.54, 1.807) is 0 Å². The second-order valence-electron chi connectivity index (χ2n) is 3.29. The van der Waals surface area contributed by atoms with Gasteiger partial charge < -0.3 is 9.53 Å². The van der Waals surface area contributed by atoms with Gasteiger partial charge in [0.25, 0.3) is 0 Å². The van der Waals surface area contributed by atoms with Gasteiger partial charge in [0.05, 0.1) is 7.11 Å². The summed E-state index contributed by atoms with van der Waals surface area (Å²) < 4.78 is 4.60. The average molecular weight is 166 g/mol. The molecule has 1 fully saturated rings. The lowest BCUT2D eigenvalue weighted by molar-refractivity contribution is -0.136. The molecule has 0 amide bonds. The maximum absolute atomic E-state index is 11.1. The summed E-state index contributed by atoms with van der Waals surface area (Å²) in [6, 6.07) is 0. The zero-order chi connectivity index (χ0) is 8.72. The molecule has 0 aromatic rings. The monoisotopic (exact) mass is 166 g/mol. The molecular weight excluding hydrogens is 156 g/mol. The predicted octanol–water partition coefficient (Wildman–Crippen LogP) is 0.551. The number of fused-ring (bicyclic) bond motifs is 1. The van der Waals surface area contributed by atoms with Crippen LogP contribution in [0, 0.1) is 17.8 Å². The van der Waals surface area contributed by atoms with Gasteiger partial charge in [-0.25, -0.2) is 4.79 Å². The molecule has 3 unspecified atom stereocenters. The number of carbonyl (C=O) groups excluding carboxylic acids is 2. The van der Waals surface area contributed by atoms with Gasteiger partial charge in [-0.1, -0.05) is 6.08 Å². The first-order valence-electron chi connectivity index (χ1n) is 4.03. The molecule has 0 aromatic heterocycles. The largest absolute Gasteiger partial charge is 0.466 e. The molecule has 12 heavy (non-hydrogen) atoms. The minimum atomic E-state index is -0.271. The number of carbonyl (C=O) groups is 2. The minimum absolute atomic E-state index is 0.0871. The van der Waals surface area contributed by atoms with Gasteiger partial charge in [-0.3, -0.25) is 0 Å². The highest BCUT2D eigenvalue weighted by molar-refractivity contribution is 5.92. The standard InChI is InChI=1S/C9H10O3/c1-12-9(11)6-3-2-5-7(4-10)8(5)6/h3-5,7-8H,2H2,1H3. The number of allylic oxidation sites excluding steroid dienone is 1. The van der Waals surface area contributed by atoms with E-state index in [-0.39, 0.29) is 17.8 Å². The second-order valence-corrected chi connectivity index (χ2v) is 3.29. The van der Waals surface area contributed by atoms with Gasteiger partial charge >= 0.3 is 5.97 Å². The van der Waals surface area contributed by atoms with Gasteiger partial charge in [0.2, 0.25) is 0 Å². The molecule has 3 nitrogen and oxygen atoms in total. The molecule has 0 heterocycles. The number of methoxy groups -OCH3 is 1. The highest BCUT2D eigenvalue weighted by Gasteiger charge is 2.56. The van der Waals surface area contributed by atoms with Crippen LogP contribution in [0.2, 0.25) is 0 Å². The van der Waals surface area contributed by atoms with E-state index in [0.29, 0.717) is 11.5 Å². The van der Waals surface area contributed by atoms with E-state index < -0.39 is 0 Å². The van der Waals surface area contributed by atoms with Crippen LogP contribution in [0.25, 0.3) is 0 Å². The molecule has 0 aromatic carbocycles. The van der Waals surface area contributed by atoms with E-state index in [0.717, 1.165) is 12.7 Å². The third-order valence-electron chi connectivity index (χ3n) is 2.78. The van der Waals surface area contributed by atoms with Crippen molar-refractivity contribution in [3.05, 3.63) is 11.6 Å². The summed E-state index contributed by atoms with van der Waals surface area (Å²) in [7, 11) is 1.37. The van der Waals surface area contributed by atoms with Crippen molar-refractivity contribution in [2.45, 2.75) is 6.42 Å². The Morgan fingerprint density at radius 2 is 2.50 bits per heavy atom. The van der Waals surface area contributed by atoms with Crippen molar-refractivity contribution in [1.29, 1.82) is 0 Å². The maximum Gasteiger partial charge on any atom is 0.333 e. The van der Waals surface area contributed by atoms with Crippen LogP contribution >= 0.6 is 0 Å². The molecule has 0 bridgehead atoms. The fourth-order valence-corrected chi connectivity index (χ4v) is 2.06. The Balaban J connectivity index is 2.11. The molecule has 0 radical (unpaired) electrons. The van der Waals surface area contributed by atoms with E-state index in [2.05, 4.69) is 4.74 Å². The summed E-state index contributed by atoms with van der Waals surface area (Å²) in [4.78, 5) is 21.6. The Kier molecular flexibility index (Phi) is 1.53. The molecular formula is C9H10O3. The van der Waals surface area contributed by atoms with Gasteiger partial charge in [0.1, 0.15) is 6.29 Å². The molecule has 3 atom stereocenters. The van der Waals surface area contributed by atoms with Crippen LogP contribution in [-0.2, 0) is 14.3 Å². The van der Waals surface area contributed by atoms with E-state index in [9.17, 15) is 9.59 Å². The molecule has 3 heteroatoms. The van der Waals surface area contributed by atoms with E-state index >= 15 is 0 Å². The van der Waals surface area contributed by atoms with Crippen molar-refractivity contribution in [3.63, 3.8) is 0 Å². The van der Waals surface area contributed by atoms with Gasteiger partial charge in [-0.05, 0) is 12.3 Å². The van der Waals surface area contributed by atoms with Gasteiger partial charge in [-0.15, -0.1) is 0 Å². The molecule has 1 saturated carbocycles. The van der Waals surface area contributed by atoms with Crippen LogP contribution in [0.1, 0.15) is 6.42 Å². The van der Waals surface area contributed by atoms with Crippen LogP contribution in [0.15, 0.2) is 11.6 Å². The van der Waals surface area contributed by atoms with E-state index in [1.807, 2.05) is 6.08 Å². The van der Waals surface area contributed by atoms with Gasteiger partial charge in [0, 0.05) is 17.4 Å². The third-order valence-corrected chi connectivity index (χ3v) is 2.78. The molecule has 64 valence electrons. The Morgan fingerprint density at radius 1 is 1.75 bits per heavy atom. The smallest absolute Gasteiger partial charge is 0.333 e.